The van der Waals surface area contributed by atoms with Gasteiger partial charge in [-0.25, -0.2) is 23.5 Å². The number of halogens is 2. The van der Waals surface area contributed by atoms with Crippen molar-refractivity contribution in [2.45, 2.75) is 57.0 Å². The lowest BCUT2D eigenvalue weighted by molar-refractivity contribution is -0.0284. The second-order valence-electron chi connectivity index (χ2n) is 9.74. The van der Waals surface area contributed by atoms with E-state index in [4.69, 9.17) is 9.47 Å². The minimum atomic E-state index is -2.89. The summed E-state index contributed by atoms with van der Waals surface area (Å²) in [6, 6.07) is 9.86. The second kappa shape index (κ2) is 13.0. The van der Waals surface area contributed by atoms with E-state index in [2.05, 4.69) is 33.6 Å². The van der Waals surface area contributed by atoms with Crippen LogP contribution in [-0.2, 0) is 11.3 Å². The summed E-state index contributed by atoms with van der Waals surface area (Å²) in [6.45, 7) is 8.87. The number of ether oxygens (including phenoxy) is 2. The molecule has 38 heavy (non-hydrogen) atoms. The van der Waals surface area contributed by atoms with Gasteiger partial charge in [-0.3, -0.25) is 9.80 Å². The predicted octanol–water partition coefficient (Wildman–Crippen LogP) is 3.35. The normalized spacial score (nSPS) is 21.8. The number of piperazine rings is 1. The van der Waals surface area contributed by atoms with Gasteiger partial charge in [0.2, 0.25) is 5.95 Å². The SMILES string of the molecule is C=C[C@@H]1CN(c2ncc(OCC(O)C(F)F)cn2)C[C@H](C)N1C(=O)OC1CCN(Cc2ccccc2)CC1. The number of hydrogen-bond acceptors (Lipinski definition) is 8. The van der Waals surface area contributed by atoms with Crippen molar-refractivity contribution in [1.29, 1.82) is 0 Å². The summed E-state index contributed by atoms with van der Waals surface area (Å²) in [4.78, 5) is 27.8. The highest BCUT2D eigenvalue weighted by molar-refractivity contribution is 5.69. The number of carbonyl (C=O) groups excluding carboxylic acids is 1. The van der Waals surface area contributed by atoms with Crippen molar-refractivity contribution >= 4 is 12.0 Å². The molecule has 1 aromatic carbocycles. The molecule has 3 atom stereocenters. The molecule has 11 heteroatoms. The molecule has 1 aromatic heterocycles. The molecular formula is C27H35F2N5O4. The third-order valence-electron chi connectivity index (χ3n) is 6.87. The molecule has 2 aromatic rings. The van der Waals surface area contributed by atoms with Crippen molar-refractivity contribution in [3.63, 3.8) is 0 Å². The first kappa shape index (κ1) is 27.7. The first-order chi connectivity index (χ1) is 18.3. The zero-order valence-electron chi connectivity index (χ0n) is 21.5. The smallest absolute Gasteiger partial charge is 0.410 e. The van der Waals surface area contributed by atoms with Crippen LogP contribution in [0.4, 0.5) is 19.5 Å². The van der Waals surface area contributed by atoms with Gasteiger partial charge in [0.25, 0.3) is 6.43 Å². The molecule has 9 nitrogen and oxygen atoms in total. The molecule has 2 saturated heterocycles. The lowest BCUT2D eigenvalue weighted by atomic mass is 10.1. The Morgan fingerprint density at radius 3 is 2.50 bits per heavy atom. The van der Waals surface area contributed by atoms with Crippen molar-refractivity contribution < 1.29 is 28.2 Å². The molecule has 4 rings (SSSR count). The molecule has 0 radical (unpaired) electrons. The van der Waals surface area contributed by atoms with Crippen LogP contribution in [0.25, 0.3) is 0 Å². The predicted molar refractivity (Wildman–Crippen MR) is 138 cm³/mol. The third kappa shape index (κ3) is 7.16. The number of anilines is 1. The van der Waals surface area contributed by atoms with E-state index in [-0.39, 0.29) is 30.0 Å². The van der Waals surface area contributed by atoms with Gasteiger partial charge in [0.1, 0.15) is 18.8 Å². The second-order valence-corrected chi connectivity index (χ2v) is 9.74. The fourth-order valence-electron chi connectivity index (χ4n) is 4.82. The number of benzene rings is 1. The molecule has 2 aliphatic heterocycles. The van der Waals surface area contributed by atoms with Crippen LogP contribution in [0, 0.1) is 0 Å². The van der Waals surface area contributed by atoms with Gasteiger partial charge in [-0.15, -0.1) is 6.58 Å². The zero-order chi connectivity index (χ0) is 27.1. The van der Waals surface area contributed by atoms with E-state index in [9.17, 15) is 18.7 Å². The lowest BCUT2D eigenvalue weighted by Gasteiger charge is -2.44. The van der Waals surface area contributed by atoms with Crippen molar-refractivity contribution in [2.24, 2.45) is 0 Å². The monoisotopic (exact) mass is 531 g/mol. The molecule has 206 valence electrons. The Morgan fingerprint density at radius 1 is 1.18 bits per heavy atom. The Hall–Kier alpha value is -3.31. The molecule has 1 unspecified atom stereocenters. The summed E-state index contributed by atoms with van der Waals surface area (Å²) in [5.74, 6) is 0.600. The summed E-state index contributed by atoms with van der Waals surface area (Å²) in [6.07, 6.45) is 0.829. The topological polar surface area (TPSA) is 91.3 Å². The zero-order valence-corrected chi connectivity index (χ0v) is 21.5. The number of rotatable bonds is 9. The third-order valence-corrected chi connectivity index (χ3v) is 6.87. The van der Waals surface area contributed by atoms with Gasteiger partial charge in [0.15, 0.2) is 5.75 Å². The molecule has 0 saturated carbocycles. The Labute approximate surface area is 221 Å². The summed E-state index contributed by atoms with van der Waals surface area (Å²) in [5.41, 5.74) is 1.28. The van der Waals surface area contributed by atoms with Crippen LogP contribution in [0.1, 0.15) is 25.3 Å². The molecule has 3 heterocycles. The van der Waals surface area contributed by atoms with Gasteiger partial charge in [-0.1, -0.05) is 36.4 Å². The summed E-state index contributed by atoms with van der Waals surface area (Å²) < 4.78 is 35.9. The molecule has 0 aliphatic carbocycles. The minimum Gasteiger partial charge on any atom is -0.487 e. The van der Waals surface area contributed by atoms with E-state index >= 15 is 0 Å². The van der Waals surface area contributed by atoms with Crippen molar-refractivity contribution in [1.82, 2.24) is 19.8 Å². The van der Waals surface area contributed by atoms with Gasteiger partial charge >= 0.3 is 6.09 Å². The Kier molecular flexibility index (Phi) is 9.46. The maximum atomic E-state index is 13.2. The van der Waals surface area contributed by atoms with Crippen molar-refractivity contribution in [2.75, 3.05) is 37.7 Å². The highest BCUT2D eigenvalue weighted by Gasteiger charge is 2.37. The average molecular weight is 532 g/mol. The fraction of sp³-hybridized carbons (Fsp3) is 0.519. The molecule has 0 spiro atoms. The number of aliphatic hydroxyl groups is 1. The maximum Gasteiger partial charge on any atom is 0.410 e. The van der Waals surface area contributed by atoms with Gasteiger partial charge in [-0.05, 0) is 25.3 Å². The Morgan fingerprint density at radius 2 is 1.87 bits per heavy atom. The molecule has 2 aliphatic rings. The van der Waals surface area contributed by atoms with Gasteiger partial charge in [0.05, 0.1) is 24.5 Å². The summed E-state index contributed by atoms with van der Waals surface area (Å²) in [5, 5.41) is 9.19. The minimum absolute atomic E-state index is 0.121. The molecule has 0 bridgehead atoms. The summed E-state index contributed by atoms with van der Waals surface area (Å²) in [7, 11) is 0. The number of hydrogen-bond donors (Lipinski definition) is 1. The number of piperidine rings is 1. The number of aromatic nitrogens is 2. The first-order valence-corrected chi connectivity index (χ1v) is 12.9. The van der Waals surface area contributed by atoms with Gasteiger partial charge in [-0.2, -0.15) is 0 Å². The highest BCUT2D eigenvalue weighted by atomic mass is 19.3. The van der Waals surface area contributed by atoms with Gasteiger partial charge in [0, 0.05) is 32.7 Å². The van der Waals surface area contributed by atoms with Crippen LogP contribution >= 0.6 is 0 Å². The van der Waals surface area contributed by atoms with Crippen molar-refractivity contribution in [3.05, 3.63) is 60.9 Å². The van der Waals surface area contributed by atoms with E-state index in [1.165, 1.54) is 18.0 Å². The van der Waals surface area contributed by atoms with E-state index in [1.807, 2.05) is 30.0 Å². The molecule has 2 fully saturated rings. The highest BCUT2D eigenvalue weighted by Crippen LogP contribution is 2.24. The average Bonchev–Trinajstić information content (AvgIpc) is 2.93. The van der Waals surface area contributed by atoms with Crippen LogP contribution in [0.15, 0.2) is 55.4 Å². The molecule has 1 amide bonds. The number of amides is 1. The van der Waals surface area contributed by atoms with Crippen LogP contribution in [-0.4, -0.2) is 94.5 Å². The van der Waals surface area contributed by atoms with Crippen LogP contribution in [0.2, 0.25) is 0 Å². The molecular weight excluding hydrogens is 496 g/mol. The van der Waals surface area contributed by atoms with E-state index in [1.54, 1.807) is 11.0 Å². The quantitative estimate of drug-likeness (QED) is 0.493. The van der Waals surface area contributed by atoms with Crippen LogP contribution in [0.3, 0.4) is 0 Å². The maximum absolute atomic E-state index is 13.2. The van der Waals surface area contributed by atoms with Crippen molar-refractivity contribution in [3.8, 4) is 5.75 Å². The number of carbonyl (C=O) groups is 1. The number of aliphatic hydroxyl groups excluding tert-OH is 1. The Balaban J connectivity index is 1.28. The molecule has 1 N–H and O–H groups in total. The Bertz CT molecular complexity index is 1040. The largest absolute Gasteiger partial charge is 0.487 e. The standard InChI is InChI=1S/C27H35F2N5O4/c1-3-21-17-33(26-30-13-23(14-31-26)37-18-24(35)25(28)29)15-19(2)34(21)27(36)38-22-9-11-32(12-10-22)16-20-7-5-4-6-8-20/h3-8,13-14,19,21-22,24-25,35H,1,9-12,15-18H2,2H3/t19-,21+,24?/m0/s1. The van der Waals surface area contributed by atoms with E-state index < -0.39 is 19.1 Å². The fourth-order valence-corrected chi connectivity index (χ4v) is 4.82. The first-order valence-electron chi connectivity index (χ1n) is 12.9. The summed E-state index contributed by atoms with van der Waals surface area (Å²) >= 11 is 0. The van der Waals surface area contributed by atoms with Crippen LogP contribution in [0.5, 0.6) is 5.75 Å². The number of alkyl halides is 2. The number of likely N-dealkylation sites (tertiary alicyclic amines) is 1. The number of nitrogens with zero attached hydrogens (tertiary/aromatic N) is 5. The van der Waals surface area contributed by atoms with E-state index in [0.29, 0.717) is 19.0 Å². The van der Waals surface area contributed by atoms with E-state index in [0.717, 1.165) is 32.5 Å². The van der Waals surface area contributed by atoms with Crippen LogP contribution < -0.4 is 9.64 Å². The van der Waals surface area contributed by atoms with Gasteiger partial charge < -0.3 is 19.5 Å². The lowest BCUT2D eigenvalue weighted by Crippen LogP contribution is -2.60.